The second kappa shape index (κ2) is 6.76. The molecule has 5 heteroatoms. The molecule has 0 unspecified atom stereocenters. The average Bonchev–Trinajstić information content (AvgIpc) is 2.41. The van der Waals surface area contributed by atoms with Gasteiger partial charge in [-0.15, -0.1) is 0 Å². The first-order chi connectivity index (χ1) is 9.10. The first-order valence-electron chi connectivity index (χ1n) is 5.41. The molecule has 2 nitrogen and oxygen atoms in total. The highest BCUT2D eigenvalue weighted by atomic mass is 127. The SMILES string of the molecule is COC(=O)c1ccc(Sc2ccc(Br)cc2)cc1I. The number of carbonyl (C=O) groups is 1. The molecule has 0 aliphatic carbocycles. The quantitative estimate of drug-likeness (QED) is 0.488. The van der Waals surface area contributed by atoms with Crippen LogP contribution in [-0.4, -0.2) is 13.1 Å². The van der Waals surface area contributed by atoms with E-state index in [0.717, 1.165) is 17.8 Å². The van der Waals surface area contributed by atoms with E-state index in [-0.39, 0.29) is 5.97 Å². The van der Waals surface area contributed by atoms with E-state index in [9.17, 15) is 4.79 Å². The van der Waals surface area contributed by atoms with Gasteiger partial charge in [-0.3, -0.25) is 0 Å². The monoisotopic (exact) mass is 448 g/mol. The Bertz CT molecular complexity index is 599. The summed E-state index contributed by atoms with van der Waals surface area (Å²) in [5.41, 5.74) is 0.600. The highest BCUT2D eigenvalue weighted by Crippen LogP contribution is 2.30. The fourth-order valence-electron chi connectivity index (χ4n) is 1.47. The maximum absolute atomic E-state index is 11.5. The van der Waals surface area contributed by atoms with Crippen molar-refractivity contribution in [2.24, 2.45) is 0 Å². The number of rotatable bonds is 3. The van der Waals surface area contributed by atoms with Crippen LogP contribution >= 0.6 is 50.3 Å². The van der Waals surface area contributed by atoms with Crippen LogP contribution in [0.15, 0.2) is 56.7 Å². The zero-order chi connectivity index (χ0) is 13.8. The zero-order valence-corrected chi connectivity index (χ0v) is 14.6. The van der Waals surface area contributed by atoms with E-state index >= 15 is 0 Å². The van der Waals surface area contributed by atoms with Crippen LogP contribution in [-0.2, 0) is 4.74 Å². The Hall–Kier alpha value is -0.530. The van der Waals surface area contributed by atoms with Crippen LogP contribution in [0.2, 0.25) is 0 Å². The molecule has 0 N–H and O–H groups in total. The Morgan fingerprint density at radius 1 is 1.16 bits per heavy atom. The maximum Gasteiger partial charge on any atom is 0.338 e. The minimum atomic E-state index is -0.301. The third-order valence-corrected chi connectivity index (χ3v) is 4.81. The summed E-state index contributed by atoms with van der Waals surface area (Å²) in [6.07, 6.45) is 0. The lowest BCUT2D eigenvalue weighted by Crippen LogP contribution is -2.03. The summed E-state index contributed by atoms with van der Waals surface area (Å²) in [5, 5.41) is 0. The lowest BCUT2D eigenvalue weighted by molar-refractivity contribution is 0.0599. The van der Waals surface area contributed by atoms with Gasteiger partial charge in [-0.25, -0.2) is 4.79 Å². The van der Waals surface area contributed by atoms with E-state index in [0.29, 0.717) is 5.56 Å². The van der Waals surface area contributed by atoms with Gasteiger partial charge in [-0.2, -0.15) is 0 Å². The summed E-state index contributed by atoms with van der Waals surface area (Å²) in [7, 11) is 1.39. The van der Waals surface area contributed by atoms with Crippen molar-refractivity contribution < 1.29 is 9.53 Å². The Labute approximate surface area is 138 Å². The van der Waals surface area contributed by atoms with Crippen molar-refractivity contribution in [1.82, 2.24) is 0 Å². The molecule has 0 heterocycles. The number of hydrogen-bond donors (Lipinski definition) is 0. The number of ether oxygens (including phenoxy) is 1. The van der Waals surface area contributed by atoms with Gasteiger partial charge in [0.1, 0.15) is 0 Å². The lowest BCUT2D eigenvalue weighted by Gasteiger charge is -2.06. The summed E-state index contributed by atoms with van der Waals surface area (Å²) in [5.74, 6) is -0.301. The molecule has 0 atom stereocenters. The van der Waals surface area contributed by atoms with Crippen LogP contribution in [0.4, 0.5) is 0 Å². The molecule has 0 aromatic heterocycles. The molecule has 19 heavy (non-hydrogen) atoms. The van der Waals surface area contributed by atoms with Crippen molar-refractivity contribution in [2.75, 3.05) is 7.11 Å². The smallest absolute Gasteiger partial charge is 0.338 e. The van der Waals surface area contributed by atoms with Gasteiger partial charge < -0.3 is 4.74 Å². The zero-order valence-electron chi connectivity index (χ0n) is 10.0. The Morgan fingerprint density at radius 3 is 2.37 bits per heavy atom. The van der Waals surface area contributed by atoms with Gasteiger partial charge in [-0.1, -0.05) is 27.7 Å². The van der Waals surface area contributed by atoms with Crippen molar-refractivity contribution >= 4 is 56.3 Å². The van der Waals surface area contributed by atoms with Gasteiger partial charge in [0.25, 0.3) is 0 Å². The number of carbonyl (C=O) groups excluding carboxylic acids is 1. The molecule has 0 bridgehead atoms. The number of esters is 1. The van der Waals surface area contributed by atoms with Gasteiger partial charge in [-0.05, 0) is 65.1 Å². The normalized spacial score (nSPS) is 10.3. The van der Waals surface area contributed by atoms with Crippen LogP contribution < -0.4 is 0 Å². The average molecular weight is 449 g/mol. The number of methoxy groups -OCH3 is 1. The first-order valence-corrected chi connectivity index (χ1v) is 8.10. The Balaban J connectivity index is 2.20. The van der Waals surface area contributed by atoms with Crippen molar-refractivity contribution in [2.45, 2.75) is 9.79 Å². The van der Waals surface area contributed by atoms with E-state index in [1.807, 2.05) is 24.3 Å². The summed E-state index contributed by atoms with van der Waals surface area (Å²) in [4.78, 5) is 13.8. The molecular weight excluding hydrogens is 439 g/mol. The van der Waals surface area contributed by atoms with Gasteiger partial charge in [0.15, 0.2) is 0 Å². The summed E-state index contributed by atoms with van der Waals surface area (Å²) < 4.78 is 6.69. The molecule has 98 valence electrons. The largest absolute Gasteiger partial charge is 0.465 e. The summed E-state index contributed by atoms with van der Waals surface area (Å²) in [6, 6.07) is 13.8. The number of hydrogen-bond acceptors (Lipinski definition) is 3. The van der Waals surface area contributed by atoms with E-state index in [1.165, 1.54) is 7.11 Å². The van der Waals surface area contributed by atoms with E-state index < -0.39 is 0 Å². The van der Waals surface area contributed by atoms with Crippen LogP contribution in [0.1, 0.15) is 10.4 Å². The summed E-state index contributed by atoms with van der Waals surface area (Å²) in [6.45, 7) is 0. The van der Waals surface area contributed by atoms with Gasteiger partial charge in [0.2, 0.25) is 0 Å². The molecule has 2 rings (SSSR count). The molecule has 0 aliphatic rings. The molecule has 2 aromatic rings. The van der Waals surface area contributed by atoms with Crippen molar-refractivity contribution in [1.29, 1.82) is 0 Å². The van der Waals surface area contributed by atoms with E-state index in [2.05, 4.69) is 50.7 Å². The molecular formula is C14H10BrIO2S. The molecule has 0 amide bonds. The van der Waals surface area contributed by atoms with Gasteiger partial charge >= 0.3 is 5.97 Å². The van der Waals surface area contributed by atoms with Crippen LogP contribution in [0, 0.1) is 3.57 Å². The molecule has 0 fully saturated rings. The molecule has 0 aliphatic heterocycles. The first kappa shape index (κ1) is 14.9. The standard InChI is InChI=1S/C14H10BrIO2S/c1-18-14(17)12-7-6-11(8-13(12)16)19-10-4-2-9(15)3-5-10/h2-8H,1H3. The number of halogens is 2. The lowest BCUT2D eigenvalue weighted by atomic mass is 10.2. The predicted octanol–water partition coefficient (Wildman–Crippen LogP) is 4.99. The second-order valence-electron chi connectivity index (χ2n) is 3.69. The minimum absolute atomic E-state index is 0.301. The van der Waals surface area contributed by atoms with Crippen LogP contribution in [0.5, 0.6) is 0 Å². The van der Waals surface area contributed by atoms with Crippen LogP contribution in [0.25, 0.3) is 0 Å². The van der Waals surface area contributed by atoms with Crippen LogP contribution in [0.3, 0.4) is 0 Å². The molecule has 0 radical (unpaired) electrons. The molecule has 2 aromatic carbocycles. The van der Waals surface area contributed by atoms with E-state index in [1.54, 1.807) is 17.8 Å². The molecule has 0 saturated carbocycles. The minimum Gasteiger partial charge on any atom is -0.465 e. The molecule has 0 spiro atoms. The fraction of sp³-hybridized carbons (Fsp3) is 0.0714. The number of benzene rings is 2. The highest BCUT2D eigenvalue weighted by Gasteiger charge is 2.10. The maximum atomic E-state index is 11.5. The molecule has 0 saturated heterocycles. The third kappa shape index (κ3) is 3.97. The highest BCUT2D eigenvalue weighted by molar-refractivity contribution is 14.1. The van der Waals surface area contributed by atoms with Crippen molar-refractivity contribution in [3.63, 3.8) is 0 Å². The Morgan fingerprint density at radius 2 is 1.79 bits per heavy atom. The Kier molecular flexibility index (Phi) is 5.29. The third-order valence-electron chi connectivity index (χ3n) is 2.40. The van der Waals surface area contributed by atoms with Gasteiger partial charge in [0, 0.05) is 17.8 Å². The van der Waals surface area contributed by atoms with Crippen molar-refractivity contribution in [3.05, 3.63) is 56.1 Å². The topological polar surface area (TPSA) is 26.3 Å². The predicted molar refractivity (Wildman–Crippen MR) is 88.8 cm³/mol. The van der Waals surface area contributed by atoms with E-state index in [4.69, 9.17) is 4.74 Å². The van der Waals surface area contributed by atoms with Gasteiger partial charge in [0.05, 0.1) is 12.7 Å². The fourth-order valence-corrected chi connectivity index (χ4v) is 3.54. The summed E-state index contributed by atoms with van der Waals surface area (Å²) >= 11 is 7.23. The second-order valence-corrected chi connectivity index (χ2v) is 6.91. The van der Waals surface area contributed by atoms with Crippen molar-refractivity contribution in [3.8, 4) is 0 Å².